The van der Waals surface area contributed by atoms with E-state index in [0.29, 0.717) is 5.75 Å². The van der Waals surface area contributed by atoms with Gasteiger partial charge in [-0.2, -0.15) is 5.10 Å². The number of allylic oxidation sites excluding steroid dienone is 1. The van der Waals surface area contributed by atoms with Crippen molar-refractivity contribution in [3.05, 3.63) is 104 Å². The van der Waals surface area contributed by atoms with E-state index in [1.807, 2.05) is 48.5 Å². The molecule has 2 unspecified atom stereocenters. The van der Waals surface area contributed by atoms with Crippen LogP contribution in [0.5, 0.6) is 11.5 Å². The van der Waals surface area contributed by atoms with Crippen molar-refractivity contribution in [2.24, 2.45) is 11.0 Å². The van der Waals surface area contributed by atoms with Crippen molar-refractivity contribution >= 4 is 35.0 Å². The summed E-state index contributed by atoms with van der Waals surface area (Å²) < 4.78 is 10.6. The summed E-state index contributed by atoms with van der Waals surface area (Å²) in [5.41, 5.74) is 3.71. The molecule has 0 aromatic heterocycles. The molecule has 0 radical (unpaired) electrons. The first kappa shape index (κ1) is 25.5. The molecule has 0 N–H and O–H groups in total. The quantitative estimate of drug-likeness (QED) is 0.260. The summed E-state index contributed by atoms with van der Waals surface area (Å²) in [5.74, 6) is 1.05. The fourth-order valence-electron chi connectivity index (χ4n) is 5.12. The highest BCUT2D eigenvalue weighted by atomic mass is 35.5. The van der Waals surface area contributed by atoms with E-state index < -0.39 is 10.8 Å². The number of hydrogen-bond acceptors (Lipinski definition) is 6. The van der Waals surface area contributed by atoms with Gasteiger partial charge < -0.3 is 9.47 Å². The molecule has 1 aliphatic heterocycles. The Bertz CT molecular complexity index is 1430. The van der Waals surface area contributed by atoms with E-state index in [1.54, 1.807) is 14.2 Å². The number of hydrogen-bond donors (Lipinski definition) is 0. The van der Waals surface area contributed by atoms with Crippen molar-refractivity contribution in [3.8, 4) is 11.5 Å². The Hall–Kier alpha value is -4.17. The van der Waals surface area contributed by atoms with Crippen LogP contribution in [0.25, 0.3) is 6.08 Å². The van der Waals surface area contributed by atoms with Gasteiger partial charge >= 0.3 is 0 Å². The van der Waals surface area contributed by atoms with Crippen LogP contribution in [0.4, 0.5) is 5.69 Å². The molecule has 1 aliphatic carbocycles. The van der Waals surface area contributed by atoms with E-state index >= 15 is 0 Å². The summed E-state index contributed by atoms with van der Waals surface area (Å²) in [5, 5.41) is 17.8. The molecular weight excluding hydrogens is 506 g/mol. The number of amides is 1. The summed E-state index contributed by atoms with van der Waals surface area (Å²) in [7, 11) is 3.24. The maximum absolute atomic E-state index is 13.8. The number of hydrazone groups is 1. The molecule has 9 heteroatoms. The smallest absolute Gasteiger partial charge is 0.288 e. The molecule has 1 amide bonds. The number of ether oxygens (including phenoxy) is 2. The molecule has 2 atom stereocenters. The van der Waals surface area contributed by atoms with Gasteiger partial charge in [-0.15, -0.1) is 0 Å². The maximum Gasteiger partial charge on any atom is 0.288 e. The van der Waals surface area contributed by atoms with E-state index in [4.69, 9.17) is 26.2 Å². The summed E-state index contributed by atoms with van der Waals surface area (Å²) in [6.45, 7) is 0. The Labute approximate surface area is 225 Å². The monoisotopic (exact) mass is 531 g/mol. The van der Waals surface area contributed by atoms with Crippen LogP contribution in [0, 0.1) is 16.0 Å². The fourth-order valence-corrected chi connectivity index (χ4v) is 5.31. The average molecular weight is 532 g/mol. The van der Waals surface area contributed by atoms with Crippen LogP contribution in [-0.2, 0) is 0 Å². The lowest BCUT2D eigenvalue weighted by molar-refractivity contribution is -0.384. The molecule has 1 fully saturated rings. The predicted molar refractivity (Wildman–Crippen MR) is 146 cm³/mol. The topological polar surface area (TPSA) is 94.3 Å². The number of carbonyl (C=O) groups is 1. The van der Waals surface area contributed by atoms with Gasteiger partial charge in [-0.25, -0.2) is 5.01 Å². The first-order valence-corrected chi connectivity index (χ1v) is 12.6. The van der Waals surface area contributed by atoms with Crippen LogP contribution in [0.15, 0.2) is 77.4 Å². The van der Waals surface area contributed by atoms with Crippen LogP contribution >= 0.6 is 11.6 Å². The fraction of sp³-hybridized carbons (Fsp3) is 0.241. The molecule has 38 heavy (non-hydrogen) atoms. The third-order valence-electron chi connectivity index (χ3n) is 7.01. The standard InChI is InChI=1S/C29H26ClN3O5/c1-37-22-11-6-18(7-12-22)16-20-4-3-5-24-27(20)31-32(28(24)19-8-13-23(38-2)14-9-19)29(34)21-10-15-25(30)26(17-21)33(35)36/h6-17,24,28H,3-5H2,1-2H3/b20-16-. The summed E-state index contributed by atoms with van der Waals surface area (Å²) >= 11 is 6.00. The van der Waals surface area contributed by atoms with E-state index in [-0.39, 0.29) is 28.2 Å². The number of benzene rings is 3. The number of fused-ring (bicyclic) bond motifs is 1. The van der Waals surface area contributed by atoms with Crippen LogP contribution in [0.1, 0.15) is 46.8 Å². The summed E-state index contributed by atoms with van der Waals surface area (Å²) in [4.78, 5) is 24.7. The van der Waals surface area contributed by atoms with Crippen molar-refractivity contribution in [3.63, 3.8) is 0 Å². The van der Waals surface area contributed by atoms with Crippen molar-refractivity contribution in [1.82, 2.24) is 5.01 Å². The molecule has 3 aromatic rings. The number of halogens is 1. The second kappa shape index (κ2) is 10.7. The van der Waals surface area contributed by atoms with Gasteiger partial charge in [0.1, 0.15) is 16.5 Å². The van der Waals surface area contributed by atoms with Gasteiger partial charge in [-0.3, -0.25) is 14.9 Å². The van der Waals surface area contributed by atoms with Crippen LogP contribution < -0.4 is 9.47 Å². The zero-order chi connectivity index (χ0) is 26.8. The molecule has 8 nitrogen and oxygen atoms in total. The van der Waals surface area contributed by atoms with Crippen molar-refractivity contribution in [2.45, 2.75) is 25.3 Å². The van der Waals surface area contributed by atoms with Gasteiger partial charge in [0, 0.05) is 17.5 Å². The molecular formula is C29H26ClN3O5. The third-order valence-corrected chi connectivity index (χ3v) is 7.33. The highest BCUT2D eigenvalue weighted by molar-refractivity contribution is 6.32. The van der Waals surface area contributed by atoms with Gasteiger partial charge in [-0.1, -0.05) is 35.9 Å². The molecule has 3 aromatic carbocycles. The number of methoxy groups -OCH3 is 2. The molecule has 1 saturated carbocycles. The van der Waals surface area contributed by atoms with Gasteiger partial charge in [0.15, 0.2) is 0 Å². The maximum atomic E-state index is 13.8. The lowest BCUT2D eigenvalue weighted by atomic mass is 9.77. The van der Waals surface area contributed by atoms with Gasteiger partial charge in [0.05, 0.1) is 30.9 Å². The Morgan fingerprint density at radius 2 is 1.71 bits per heavy atom. The van der Waals surface area contributed by atoms with E-state index in [2.05, 4.69) is 6.08 Å². The summed E-state index contributed by atoms with van der Waals surface area (Å²) in [6.07, 6.45) is 4.76. The molecule has 2 aliphatic rings. The van der Waals surface area contributed by atoms with Crippen LogP contribution in [0.2, 0.25) is 5.02 Å². The normalized spacial score (nSPS) is 19.6. The largest absolute Gasteiger partial charge is 0.497 e. The summed E-state index contributed by atoms with van der Waals surface area (Å²) in [6, 6.07) is 19.1. The number of rotatable bonds is 6. The van der Waals surface area contributed by atoms with E-state index in [0.717, 1.165) is 47.4 Å². The number of nitrogens with zero attached hydrogens (tertiary/aromatic N) is 3. The zero-order valence-corrected chi connectivity index (χ0v) is 21.7. The number of nitro benzene ring substituents is 1. The molecule has 0 spiro atoms. The SMILES string of the molecule is COc1ccc(/C=C2/CCCC3C2=NN(C(=O)c2ccc(Cl)c([N+](=O)[O-])c2)C3c2ccc(OC)cc2)cc1. The lowest BCUT2D eigenvalue weighted by Gasteiger charge is -2.29. The molecule has 0 saturated heterocycles. The van der Waals surface area contributed by atoms with Gasteiger partial charge in [-0.05, 0) is 78.4 Å². The molecule has 5 rings (SSSR count). The van der Waals surface area contributed by atoms with Gasteiger partial charge in [0.25, 0.3) is 11.6 Å². The Kier molecular flexibility index (Phi) is 7.15. The average Bonchev–Trinajstić information content (AvgIpc) is 3.34. The minimum Gasteiger partial charge on any atom is -0.497 e. The second-order valence-corrected chi connectivity index (χ2v) is 9.62. The molecule has 194 valence electrons. The first-order chi connectivity index (χ1) is 18.4. The Morgan fingerprint density at radius 3 is 2.34 bits per heavy atom. The van der Waals surface area contributed by atoms with E-state index in [1.165, 1.54) is 23.2 Å². The van der Waals surface area contributed by atoms with Crippen molar-refractivity contribution in [1.29, 1.82) is 0 Å². The first-order valence-electron chi connectivity index (χ1n) is 12.2. The van der Waals surface area contributed by atoms with Crippen molar-refractivity contribution < 1.29 is 19.2 Å². The predicted octanol–water partition coefficient (Wildman–Crippen LogP) is 6.70. The highest BCUT2D eigenvalue weighted by Crippen LogP contribution is 2.45. The zero-order valence-electron chi connectivity index (χ0n) is 21.0. The molecule has 0 bridgehead atoms. The minimum atomic E-state index is -0.592. The van der Waals surface area contributed by atoms with Crippen LogP contribution in [0.3, 0.4) is 0 Å². The number of carbonyl (C=O) groups excluding carboxylic acids is 1. The van der Waals surface area contributed by atoms with Crippen LogP contribution in [-0.4, -0.2) is 35.8 Å². The number of nitro groups is 1. The lowest BCUT2D eigenvalue weighted by Crippen LogP contribution is -2.32. The van der Waals surface area contributed by atoms with Crippen molar-refractivity contribution in [2.75, 3.05) is 14.2 Å². The highest BCUT2D eigenvalue weighted by Gasteiger charge is 2.44. The Morgan fingerprint density at radius 1 is 1.05 bits per heavy atom. The molecule has 1 heterocycles. The second-order valence-electron chi connectivity index (χ2n) is 9.22. The minimum absolute atomic E-state index is 0.0205. The third kappa shape index (κ3) is 4.87. The van der Waals surface area contributed by atoms with Gasteiger partial charge in [0.2, 0.25) is 0 Å². The Balaban J connectivity index is 1.57. The van der Waals surface area contributed by atoms with E-state index in [9.17, 15) is 14.9 Å².